The molecule has 0 radical (unpaired) electrons. The molecule has 0 amide bonds. The molecule has 0 saturated carbocycles. The van der Waals surface area contributed by atoms with E-state index in [0.29, 0.717) is 0 Å². The molecule has 2 aromatic carbocycles. The molecule has 0 aromatic heterocycles. The zero-order valence-electron chi connectivity index (χ0n) is 10.9. The molecule has 106 valence electrons. The quantitative estimate of drug-likeness (QED) is 0.312. The van der Waals surface area contributed by atoms with Crippen molar-refractivity contribution in [3.8, 4) is 0 Å². The van der Waals surface area contributed by atoms with Crippen LogP contribution >= 0.6 is 0 Å². The molecule has 0 unspecified atom stereocenters. The van der Waals surface area contributed by atoms with Crippen molar-refractivity contribution < 1.29 is 19.3 Å². The number of nitro groups is 1. The molecule has 7 heteroatoms. The van der Waals surface area contributed by atoms with Crippen LogP contribution in [-0.4, -0.2) is 22.6 Å². The molecule has 0 aliphatic heterocycles. The van der Waals surface area contributed by atoms with Crippen LogP contribution in [0.1, 0.15) is 31.8 Å². The van der Waals surface area contributed by atoms with Gasteiger partial charge in [0.1, 0.15) is 5.56 Å². The lowest BCUT2D eigenvalue weighted by Crippen LogP contribution is -2.22. The SMILES string of the molecule is O=C=Nc1ccc2c(c1)C(=O)c1c(cccc1[N+](=O)[O-])C2=O. The van der Waals surface area contributed by atoms with Gasteiger partial charge < -0.3 is 0 Å². The van der Waals surface area contributed by atoms with Gasteiger partial charge in [-0.2, -0.15) is 4.99 Å². The van der Waals surface area contributed by atoms with Crippen LogP contribution in [0.2, 0.25) is 0 Å². The fourth-order valence-electron chi connectivity index (χ4n) is 2.44. The lowest BCUT2D eigenvalue weighted by molar-refractivity contribution is -0.385. The molecule has 1 aliphatic carbocycles. The van der Waals surface area contributed by atoms with E-state index in [4.69, 9.17) is 0 Å². The second-order valence-corrected chi connectivity index (χ2v) is 4.55. The van der Waals surface area contributed by atoms with E-state index in [9.17, 15) is 24.5 Å². The summed E-state index contributed by atoms with van der Waals surface area (Å²) in [5, 5.41) is 11.1. The van der Waals surface area contributed by atoms with Crippen molar-refractivity contribution in [1.29, 1.82) is 0 Å². The van der Waals surface area contributed by atoms with E-state index in [2.05, 4.69) is 4.99 Å². The Labute approximate surface area is 123 Å². The highest BCUT2D eigenvalue weighted by Gasteiger charge is 2.35. The largest absolute Gasteiger partial charge is 0.289 e. The topological polar surface area (TPSA) is 107 Å². The first kappa shape index (κ1) is 13.5. The molecule has 0 fully saturated rings. The molecule has 7 nitrogen and oxygen atoms in total. The fourth-order valence-corrected chi connectivity index (χ4v) is 2.44. The van der Waals surface area contributed by atoms with E-state index < -0.39 is 22.2 Å². The molecule has 2 aromatic rings. The van der Waals surface area contributed by atoms with Gasteiger partial charge in [-0.25, -0.2) is 4.79 Å². The zero-order valence-corrected chi connectivity index (χ0v) is 10.9. The number of hydrogen-bond donors (Lipinski definition) is 0. The molecule has 0 atom stereocenters. The fraction of sp³-hybridized carbons (Fsp3) is 0. The van der Waals surface area contributed by atoms with E-state index in [1.54, 1.807) is 0 Å². The van der Waals surface area contributed by atoms with Crippen LogP contribution in [-0.2, 0) is 4.79 Å². The molecule has 0 N–H and O–H groups in total. The maximum Gasteiger partial charge on any atom is 0.281 e. The number of nitro benzene ring substituents is 1. The van der Waals surface area contributed by atoms with E-state index in [1.165, 1.54) is 42.5 Å². The summed E-state index contributed by atoms with van der Waals surface area (Å²) in [6, 6.07) is 7.93. The third kappa shape index (κ3) is 1.85. The smallest absolute Gasteiger partial charge is 0.281 e. The van der Waals surface area contributed by atoms with Crippen molar-refractivity contribution in [1.82, 2.24) is 0 Å². The van der Waals surface area contributed by atoms with E-state index in [-0.39, 0.29) is 27.9 Å². The lowest BCUT2D eigenvalue weighted by Gasteiger charge is -2.17. The minimum absolute atomic E-state index is 0.00154. The Morgan fingerprint density at radius 2 is 1.77 bits per heavy atom. The number of aliphatic imine (C=N–C) groups is 1. The van der Waals surface area contributed by atoms with E-state index >= 15 is 0 Å². The Morgan fingerprint density at radius 1 is 1.00 bits per heavy atom. The first-order chi connectivity index (χ1) is 10.5. The Hall–Kier alpha value is -3.44. The number of carbonyl (C=O) groups excluding carboxylic acids is 3. The van der Waals surface area contributed by atoms with E-state index in [0.717, 1.165) is 0 Å². The van der Waals surface area contributed by atoms with Crippen molar-refractivity contribution in [2.75, 3.05) is 0 Å². The Morgan fingerprint density at radius 3 is 2.45 bits per heavy atom. The number of rotatable bonds is 2. The van der Waals surface area contributed by atoms with Crippen molar-refractivity contribution in [3.63, 3.8) is 0 Å². The second kappa shape index (κ2) is 4.83. The molecule has 1 aliphatic rings. The Bertz CT molecular complexity index is 910. The average molecular weight is 294 g/mol. The molecule has 0 heterocycles. The van der Waals surface area contributed by atoms with Gasteiger partial charge in [0.25, 0.3) is 5.69 Å². The minimum atomic E-state index is -0.706. The number of carbonyl (C=O) groups is 2. The van der Waals surface area contributed by atoms with Crippen LogP contribution in [0.15, 0.2) is 41.4 Å². The Kier molecular flexibility index (Phi) is 2.98. The predicted octanol–water partition coefficient (Wildman–Crippen LogP) is 2.34. The summed E-state index contributed by atoms with van der Waals surface area (Å²) in [5.41, 5.74) is -0.399. The lowest BCUT2D eigenvalue weighted by atomic mass is 9.83. The van der Waals surface area contributed by atoms with Crippen molar-refractivity contribution >= 4 is 29.0 Å². The zero-order chi connectivity index (χ0) is 15.9. The van der Waals surface area contributed by atoms with Crippen LogP contribution < -0.4 is 0 Å². The van der Waals surface area contributed by atoms with E-state index in [1.807, 2.05) is 0 Å². The monoisotopic (exact) mass is 294 g/mol. The van der Waals surface area contributed by atoms with Gasteiger partial charge in [0.15, 0.2) is 5.78 Å². The molecule has 0 spiro atoms. The third-order valence-corrected chi connectivity index (χ3v) is 3.38. The summed E-state index contributed by atoms with van der Waals surface area (Å²) < 4.78 is 0. The molecule has 0 bridgehead atoms. The highest BCUT2D eigenvalue weighted by molar-refractivity contribution is 6.29. The summed E-state index contributed by atoms with van der Waals surface area (Å²) in [5.74, 6) is -1.12. The van der Waals surface area contributed by atoms with Gasteiger partial charge in [0.2, 0.25) is 11.9 Å². The number of benzene rings is 2. The van der Waals surface area contributed by atoms with Gasteiger partial charge in [-0.3, -0.25) is 19.7 Å². The van der Waals surface area contributed by atoms with Gasteiger partial charge in [-0.05, 0) is 24.3 Å². The summed E-state index contributed by atoms with van der Waals surface area (Å²) in [7, 11) is 0. The standard InChI is InChI=1S/C15H6N2O5/c18-7-16-8-4-5-9-11(6-8)15(20)13-10(14(9)19)2-1-3-12(13)17(21)22/h1-6H. The number of nitrogens with zero attached hydrogens (tertiary/aromatic N) is 2. The number of fused-ring (bicyclic) bond motifs is 2. The summed E-state index contributed by atoms with van der Waals surface area (Å²) >= 11 is 0. The highest BCUT2D eigenvalue weighted by Crippen LogP contribution is 2.34. The normalized spacial score (nSPS) is 12.2. The maximum absolute atomic E-state index is 12.5. The number of hydrogen-bond acceptors (Lipinski definition) is 6. The Balaban J connectivity index is 2.31. The van der Waals surface area contributed by atoms with Gasteiger partial charge >= 0.3 is 0 Å². The summed E-state index contributed by atoms with van der Waals surface area (Å²) in [4.78, 5) is 49.0. The first-order valence-electron chi connectivity index (χ1n) is 6.13. The van der Waals surface area contributed by atoms with Crippen LogP contribution in [0.25, 0.3) is 0 Å². The molecular weight excluding hydrogens is 288 g/mol. The maximum atomic E-state index is 12.5. The van der Waals surface area contributed by atoms with Crippen LogP contribution in [0.3, 0.4) is 0 Å². The van der Waals surface area contributed by atoms with Gasteiger partial charge in [0.05, 0.1) is 10.6 Å². The predicted molar refractivity (Wildman–Crippen MR) is 74.2 cm³/mol. The minimum Gasteiger partial charge on any atom is -0.289 e. The van der Waals surface area contributed by atoms with Crippen LogP contribution in [0.4, 0.5) is 11.4 Å². The molecule has 3 rings (SSSR count). The van der Waals surface area contributed by atoms with Crippen molar-refractivity contribution in [2.24, 2.45) is 4.99 Å². The number of ketones is 2. The first-order valence-corrected chi connectivity index (χ1v) is 6.13. The van der Waals surface area contributed by atoms with Gasteiger partial charge in [-0.1, -0.05) is 6.07 Å². The van der Waals surface area contributed by atoms with Crippen LogP contribution in [0, 0.1) is 10.1 Å². The molecular formula is C15H6N2O5. The third-order valence-electron chi connectivity index (χ3n) is 3.38. The van der Waals surface area contributed by atoms with Crippen LogP contribution in [0.5, 0.6) is 0 Å². The summed E-state index contributed by atoms with van der Waals surface area (Å²) in [6.07, 6.45) is 1.34. The molecule has 0 saturated heterocycles. The highest BCUT2D eigenvalue weighted by atomic mass is 16.6. The molecule has 22 heavy (non-hydrogen) atoms. The summed E-state index contributed by atoms with van der Waals surface area (Å²) in [6.45, 7) is 0. The van der Waals surface area contributed by atoms with Crippen molar-refractivity contribution in [3.05, 3.63) is 68.8 Å². The second-order valence-electron chi connectivity index (χ2n) is 4.55. The number of isocyanates is 1. The van der Waals surface area contributed by atoms with Crippen molar-refractivity contribution in [2.45, 2.75) is 0 Å². The van der Waals surface area contributed by atoms with Gasteiger partial charge in [0, 0.05) is 22.8 Å². The average Bonchev–Trinajstić information content (AvgIpc) is 2.52. The van der Waals surface area contributed by atoms with Gasteiger partial charge in [-0.15, -0.1) is 0 Å².